The zero-order chi connectivity index (χ0) is 24.2. The first kappa shape index (κ1) is 21.4. The van der Waals surface area contributed by atoms with Crippen LogP contribution in [0.4, 0.5) is 0 Å². The summed E-state index contributed by atoms with van der Waals surface area (Å²) in [7, 11) is 0. The number of hydrogen-bond donors (Lipinski definition) is 5. The van der Waals surface area contributed by atoms with Crippen molar-refractivity contribution < 1.29 is 39.5 Å². The first-order chi connectivity index (χ1) is 16.1. The second-order valence-electron chi connectivity index (χ2n) is 10.5. The molecule has 1 amide bonds. The van der Waals surface area contributed by atoms with Gasteiger partial charge in [0.25, 0.3) is 5.91 Å². The number of fused-ring (bicyclic) bond motifs is 3. The fraction of sp³-hybridized carbons (Fsp3) is 0.480. The van der Waals surface area contributed by atoms with Crippen LogP contribution in [0.15, 0.2) is 29.0 Å². The summed E-state index contributed by atoms with van der Waals surface area (Å²) in [6.45, 7) is 1.49. The molecule has 0 radical (unpaired) electrons. The maximum atomic E-state index is 13.5. The van der Waals surface area contributed by atoms with Gasteiger partial charge in [0.05, 0.1) is 18.8 Å². The minimum absolute atomic E-state index is 0.110. The molecule has 1 unspecified atom stereocenters. The van der Waals surface area contributed by atoms with Crippen molar-refractivity contribution in [2.75, 3.05) is 13.2 Å². The lowest BCUT2D eigenvalue weighted by Crippen LogP contribution is -2.58. The van der Waals surface area contributed by atoms with E-state index in [1.54, 1.807) is 0 Å². The first-order valence-electron chi connectivity index (χ1n) is 11.5. The Kier molecular flexibility index (Phi) is 4.21. The summed E-state index contributed by atoms with van der Waals surface area (Å²) in [5.41, 5.74) is 3.94. The number of primary amides is 1. The molecule has 2 saturated carbocycles. The third-order valence-corrected chi connectivity index (χ3v) is 8.60. The number of aromatic hydroxyl groups is 1. The number of carbonyl (C=O) groups excluding carboxylic acids is 3. The zero-order valence-electron chi connectivity index (χ0n) is 18.3. The first-order valence-corrected chi connectivity index (χ1v) is 11.5. The number of amides is 1. The second-order valence-corrected chi connectivity index (χ2v) is 10.5. The Morgan fingerprint density at radius 1 is 1.06 bits per heavy atom. The summed E-state index contributed by atoms with van der Waals surface area (Å²) >= 11 is 0. The molecule has 1 heterocycles. The summed E-state index contributed by atoms with van der Waals surface area (Å²) in [5.74, 6) is -5.81. The van der Waals surface area contributed by atoms with Crippen molar-refractivity contribution >= 4 is 23.2 Å². The average molecular weight is 467 g/mol. The highest BCUT2D eigenvalue weighted by Crippen LogP contribution is 2.58. The predicted molar refractivity (Wildman–Crippen MR) is 117 cm³/mol. The van der Waals surface area contributed by atoms with Gasteiger partial charge in [-0.2, -0.15) is 0 Å². The fourth-order valence-corrected chi connectivity index (χ4v) is 6.86. The Hall–Kier alpha value is -3.17. The monoisotopic (exact) mass is 467 g/mol. The number of rotatable bonds is 2. The molecule has 6 rings (SSSR count). The topological polar surface area (TPSA) is 167 Å². The van der Waals surface area contributed by atoms with Gasteiger partial charge < -0.3 is 30.9 Å². The number of aliphatic hydroxyl groups is 3. The van der Waals surface area contributed by atoms with Crippen molar-refractivity contribution in [3.63, 3.8) is 0 Å². The number of nitrogens with two attached hydrogens (primary N) is 1. The highest BCUT2D eigenvalue weighted by molar-refractivity contribution is 6.22. The van der Waals surface area contributed by atoms with E-state index in [4.69, 9.17) is 10.5 Å². The molecule has 5 aliphatic rings. The van der Waals surface area contributed by atoms with Gasteiger partial charge >= 0.3 is 0 Å². The molecule has 1 aliphatic heterocycles. The molecule has 9 heteroatoms. The highest BCUT2D eigenvalue weighted by atomic mass is 16.5. The highest BCUT2D eigenvalue weighted by Gasteiger charge is 2.60. The molecule has 34 heavy (non-hydrogen) atoms. The van der Waals surface area contributed by atoms with Crippen LogP contribution in [0.2, 0.25) is 0 Å². The summed E-state index contributed by atoms with van der Waals surface area (Å²) in [6, 6.07) is 3.36. The molecule has 0 bridgehead atoms. The molecule has 178 valence electrons. The van der Waals surface area contributed by atoms with Crippen LogP contribution >= 0.6 is 0 Å². The van der Waals surface area contributed by atoms with Gasteiger partial charge in [-0.05, 0) is 54.7 Å². The van der Waals surface area contributed by atoms with Gasteiger partial charge in [0.1, 0.15) is 22.8 Å². The SMILES string of the molecule is NC(=O)C1=C(O)[C@@]2(O)C(=O)C3=C(O)c4c(O)ccc(C5CC6(COC6)C5)c4CC3C[C@H]2CC1=O. The van der Waals surface area contributed by atoms with Crippen molar-refractivity contribution in [1.82, 2.24) is 0 Å². The normalized spacial score (nSPS) is 32.0. The largest absolute Gasteiger partial charge is 0.508 e. The van der Waals surface area contributed by atoms with E-state index in [1.165, 1.54) is 6.07 Å². The number of Topliss-reactive ketones (excluding diaryl/α,β-unsaturated/α-hetero) is 2. The standard InChI is InChI=1S/C25H25NO8/c26-23(32)19-16(28)5-12-3-10-4-14-13(11-6-24(7-11)8-34-9-24)1-2-15(27)18(14)20(29)17(10)21(30)25(12,33)22(19)31/h1-2,10-12,27,29,31,33H,3-9H2,(H2,26,32)/t10?,12-,25-/m0/s1. The van der Waals surface area contributed by atoms with Crippen LogP contribution < -0.4 is 5.73 Å². The molecule has 1 saturated heterocycles. The molecule has 0 aromatic heterocycles. The van der Waals surface area contributed by atoms with Gasteiger partial charge in [-0.3, -0.25) is 14.4 Å². The van der Waals surface area contributed by atoms with Crippen LogP contribution in [0, 0.1) is 17.3 Å². The lowest BCUT2D eigenvalue weighted by atomic mass is 9.56. The molecule has 1 aromatic rings. The van der Waals surface area contributed by atoms with E-state index in [0.29, 0.717) is 6.42 Å². The number of phenols is 1. The van der Waals surface area contributed by atoms with Crippen molar-refractivity contribution in [3.8, 4) is 5.75 Å². The van der Waals surface area contributed by atoms with Crippen molar-refractivity contribution in [2.45, 2.75) is 43.6 Å². The third-order valence-electron chi connectivity index (χ3n) is 8.60. The van der Waals surface area contributed by atoms with Gasteiger partial charge in [-0.1, -0.05) is 6.07 Å². The smallest absolute Gasteiger partial charge is 0.255 e. The lowest BCUT2D eigenvalue weighted by molar-refractivity contribution is -0.164. The molecule has 3 atom stereocenters. The Morgan fingerprint density at radius 2 is 1.76 bits per heavy atom. The van der Waals surface area contributed by atoms with Crippen LogP contribution in [0.1, 0.15) is 48.3 Å². The Balaban J connectivity index is 1.46. The maximum Gasteiger partial charge on any atom is 0.255 e. The third kappa shape index (κ3) is 2.54. The Labute approximate surface area is 194 Å². The van der Waals surface area contributed by atoms with E-state index < -0.39 is 52.0 Å². The number of benzene rings is 1. The molecule has 1 spiro atoms. The minimum Gasteiger partial charge on any atom is -0.508 e. The molecular formula is C25H25NO8. The number of ketones is 2. The van der Waals surface area contributed by atoms with E-state index in [1.807, 2.05) is 6.07 Å². The summed E-state index contributed by atoms with van der Waals surface area (Å²) < 4.78 is 5.37. The second kappa shape index (κ2) is 6.70. The molecule has 6 N–H and O–H groups in total. The van der Waals surface area contributed by atoms with E-state index in [2.05, 4.69) is 0 Å². The van der Waals surface area contributed by atoms with Crippen molar-refractivity contribution in [1.29, 1.82) is 0 Å². The summed E-state index contributed by atoms with van der Waals surface area (Å²) in [6.07, 6.45) is 2.08. The molecule has 3 fully saturated rings. The quantitative estimate of drug-likeness (QED) is 0.406. The average Bonchev–Trinajstić information content (AvgIpc) is 2.69. The van der Waals surface area contributed by atoms with Crippen LogP contribution in [-0.4, -0.2) is 56.7 Å². The van der Waals surface area contributed by atoms with Crippen LogP contribution in [-0.2, 0) is 25.5 Å². The predicted octanol–water partition coefficient (Wildman–Crippen LogP) is 1.32. The fourth-order valence-electron chi connectivity index (χ4n) is 6.86. The number of phenolic OH excluding ortho intramolecular Hbond substituents is 1. The van der Waals surface area contributed by atoms with Gasteiger partial charge in [-0.15, -0.1) is 0 Å². The molecule has 1 aromatic carbocycles. The van der Waals surface area contributed by atoms with E-state index in [-0.39, 0.29) is 41.1 Å². The molecular weight excluding hydrogens is 442 g/mol. The minimum atomic E-state index is -2.53. The summed E-state index contributed by atoms with van der Waals surface area (Å²) in [5, 5.41) is 43.7. The van der Waals surface area contributed by atoms with E-state index >= 15 is 0 Å². The van der Waals surface area contributed by atoms with Gasteiger partial charge in [-0.25, -0.2) is 0 Å². The van der Waals surface area contributed by atoms with E-state index in [9.17, 15) is 34.8 Å². The molecule has 4 aliphatic carbocycles. The molecule has 9 nitrogen and oxygen atoms in total. The Morgan fingerprint density at radius 3 is 2.38 bits per heavy atom. The maximum absolute atomic E-state index is 13.5. The summed E-state index contributed by atoms with van der Waals surface area (Å²) in [4.78, 5) is 37.7. The van der Waals surface area contributed by atoms with Gasteiger partial charge in [0, 0.05) is 23.3 Å². The number of aliphatic hydroxyl groups excluding tert-OH is 2. The van der Waals surface area contributed by atoms with Gasteiger partial charge in [0.15, 0.2) is 11.4 Å². The van der Waals surface area contributed by atoms with Crippen molar-refractivity contribution in [2.24, 2.45) is 23.0 Å². The number of ether oxygens (including phenoxy) is 1. The van der Waals surface area contributed by atoms with Crippen molar-refractivity contribution in [3.05, 3.63) is 45.7 Å². The Bertz CT molecular complexity index is 1250. The van der Waals surface area contributed by atoms with Crippen LogP contribution in [0.25, 0.3) is 5.76 Å². The number of carbonyl (C=O) groups is 3. The van der Waals surface area contributed by atoms with Crippen LogP contribution in [0.3, 0.4) is 0 Å². The zero-order valence-corrected chi connectivity index (χ0v) is 18.3. The van der Waals surface area contributed by atoms with Crippen LogP contribution in [0.5, 0.6) is 5.75 Å². The van der Waals surface area contributed by atoms with Gasteiger partial charge in [0.2, 0.25) is 5.78 Å². The van der Waals surface area contributed by atoms with E-state index in [0.717, 1.165) is 37.2 Å². The lowest BCUT2D eigenvalue weighted by Gasteiger charge is -2.54. The number of hydrogen-bond acceptors (Lipinski definition) is 8.